The Morgan fingerprint density at radius 2 is 1.90 bits per heavy atom. The van der Waals surface area contributed by atoms with Gasteiger partial charge in [-0.25, -0.2) is 0 Å². The first-order chi connectivity index (χ1) is 4.61. The molecule has 0 fully saturated rings. The van der Waals surface area contributed by atoms with Crippen molar-refractivity contribution in [3.8, 4) is 11.5 Å². The number of aryl methyl sites for hydroxylation is 1. The van der Waals surface area contributed by atoms with Crippen LogP contribution in [0.4, 0.5) is 0 Å². The number of phenols is 2. The number of hydrogen-bond donors (Lipinski definition) is 2. The van der Waals surface area contributed by atoms with E-state index in [1.54, 1.807) is 6.92 Å². The summed E-state index contributed by atoms with van der Waals surface area (Å²) in [7, 11) is 0. The van der Waals surface area contributed by atoms with Gasteiger partial charge in [-0.15, -0.1) is 0 Å². The Labute approximate surface area is 63.7 Å². The van der Waals surface area contributed by atoms with Crippen molar-refractivity contribution in [2.45, 2.75) is 6.92 Å². The first-order valence-electron chi connectivity index (χ1n) is 2.79. The van der Waals surface area contributed by atoms with E-state index in [-0.39, 0.29) is 16.5 Å². The van der Waals surface area contributed by atoms with Gasteiger partial charge in [-0.2, -0.15) is 0 Å². The molecule has 0 heterocycles. The summed E-state index contributed by atoms with van der Waals surface area (Å²) in [5.74, 6) is 0.0970. The van der Waals surface area contributed by atoms with Crippen molar-refractivity contribution in [2.24, 2.45) is 0 Å². The third-order valence-electron chi connectivity index (χ3n) is 1.24. The minimum Gasteiger partial charge on any atom is -0.508 e. The van der Waals surface area contributed by atoms with Gasteiger partial charge in [-0.05, 0) is 18.6 Å². The maximum Gasteiger partial charge on any atom is 0.137 e. The van der Waals surface area contributed by atoms with E-state index in [9.17, 15) is 0 Å². The largest absolute Gasteiger partial charge is 0.508 e. The van der Waals surface area contributed by atoms with Crippen LogP contribution in [0.15, 0.2) is 12.1 Å². The SMILES string of the molecule is Cc1cc(O)cc(Cl)c1O. The van der Waals surface area contributed by atoms with Gasteiger partial charge in [0.05, 0.1) is 5.02 Å². The summed E-state index contributed by atoms with van der Waals surface area (Å²) in [6.45, 7) is 1.67. The predicted octanol–water partition coefficient (Wildman–Crippen LogP) is 2.06. The van der Waals surface area contributed by atoms with Crippen molar-refractivity contribution in [3.05, 3.63) is 22.7 Å². The van der Waals surface area contributed by atoms with Crippen molar-refractivity contribution in [3.63, 3.8) is 0 Å². The molecular weight excluding hydrogens is 152 g/mol. The predicted molar refractivity (Wildman–Crippen MR) is 39.5 cm³/mol. The minimum absolute atomic E-state index is 0.0273. The first kappa shape index (κ1) is 7.22. The molecule has 3 heteroatoms. The average Bonchev–Trinajstić information content (AvgIpc) is 1.82. The third kappa shape index (κ3) is 1.16. The second-order valence-corrected chi connectivity index (χ2v) is 2.50. The van der Waals surface area contributed by atoms with Crippen LogP contribution in [0, 0.1) is 6.92 Å². The molecule has 0 aromatic heterocycles. The molecule has 0 bridgehead atoms. The number of hydrogen-bond acceptors (Lipinski definition) is 2. The zero-order valence-corrected chi connectivity index (χ0v) is 6.18. The number of phenolic OH excluding ortho intramolecular Hbond substituents is 2. The van der Waals surface area contributed by atoms with E-state index in [0.29, 0.717) is 5.56 Å². The molecule has 1 aromatic rings. The zero-order chi connectivity index (χ0) is 7.72. The van der Waals surface area contributed by atoms with Gasteiger partial charge in [-0.1, -0.05) is 11.6 Å². The molecule has 0 aliphatic carbocycles. The monoisotopic (exact) mass is 158 g/mol. The lowest BCUT2D eigenvalue weighted by Crippen LogP contribution is -1.75. The van der Waals surface area contributed by atoms with Crippen LogP contribution in [-0.2, 0) is 0 Å². The average molecular weight is 159 g/mol. The second-order valence-electron chi connectivity index (χ2n) is 2.09. The van der Waals surface area contributed by atoms with E-state index in [0.717, 1.165) is 0 Å². The van der Waals surface area contributed by atoms with Gasteiger partial charge in [0.1, 0.15) is 11.5 Å². The molecule has 0 amide bonds. The Kier molecular flexibility index (Phi) is 1.72. The molecule has 0 spiro atoms. The van der Waals surface area contributed by atoms with Gasteiger partial charge in [0.25, 0.3) is 0 Å². The highest BCUT2D eigenvalue weighted by Crippen LogP contribution is 2.30. The quantitative estimate of drug-likeness (QED) is 0.568. The molecule has 0 aliphatic rings. The molecule has 0 saturated heterocycles. The first-order valence-corrected chi connectivity index (χ1v) is 3.17. The smallest absolute Gasteiger partial charge is 0.137 e. The third-order valence-corrected chi connectivity index (χ3v) is 1.53. The standard InChI is InChI=1S/C7H7ClO2/c1-4-2-5(9)3-6(8)7(4)10/h2-3,9-10H,1H3. The maximum atomic E-state index is 9.09. The van der Waals surface area contributed by atoms with Crippen LogP contribution in [0.3, 0.4) is 0 Å². The molecule has 2 N–H and O–H groups in total. The summed E-state index contributed by atoms with van der Waals surface area (Å²) in [6.07, 6.45) is 0. The Bertz CT molecular complexity index is 235. The van der Waals surface area contributed by atoms with Crippen LogP contribution in [-0.4, -0.2) is 10.2 Å². The van der Waals surface area contributed by atoms with Gasteiger partial charge in [0.15, 0.2) is 0 Å². The van der Waals surface area contributed by atoms with E-state index in [1.165, 1.54) is 12.1 Å². The lowest BCUT2D eigenvalue weighted by atomic mass is 10.2. The summed E-state index contributed by atoms with van der Waals surface area (Å²) in [5.41, 5.74) is 0.574. The van der Waals surface area contributed by atoms with E-state index < -0.39 is 0 Å². The summed E-state index contributed by atoms with van der Waals surface area (Å²) in [6, 6.07) is 2.74. The fraction of sp³-hybridized carbons (Fsp3) is 0.143. The molecule has 0 unspecified atom stereocenters. The van der Waals surface area contributed by atoms with Gasteiger partial charge >= 0.3 is 0 Å². The number of rotatable bonds is 0. The number of benzene rings is 1. The summed E-state index contributed by atoms with van der Waals surface area (Å²) in [5, 5.41) is 18.2. The Morgan fingerprint density at radius 1 is 1.30 bits per heavy atom. The summed E-state index contributed by atoms with van der Waals surface area (Å²) >= 11 is 5.51. The zero-order valence-electron chi connectivity index (χ0n) is 5.43. The number of halogens is 1. The van der Waals surface area contributed by atoms with Crippen LogP contribution >= 0.6 is 11.6 Å². The van der Waals surface area contributed by atoms with Crippen molar-refractivity contribution >= 4 is 11.6 Å². The van der Waals surface area contributed by atoms with Gasteiger partial charge in [0, 0.05) is 6.07 Å². The van der Waals surface area contributed by atoms with Crippen LogP contribution in [0.5, 0.6) is 11.5 Å². The second kappa shape index (κ2) is 2.39. The highest BCUT2D eigenvalue weighted by molar-refractivity contribution is 6.32. The fourth-order valence-electron chi connectivity index (χ4n) is 0.718. The highest BCUT2D eigenvalue weighted by atomic mass is 35.5. The van der Waals surface area contributed by atoms with Crippen LogP contribution in [0.1, 0.15) is 5.56 Å². The lowest BCUT2D eigenvalue weighted by molar-refractivity contribution is 0.457. The summed E-state index contributed by atoms with van der Waals surface area (Å²) in [4.78, 5) is 0. The molecule has 0 aliphatic heterocycles. The van der Waals surface area contributed by atoms with Crippen molar-refractivity contribution < 1.29 is 10.2 Å². The van der Waals surface area contributed by atoms with Crippen molar-refractivity contribution in [1.82, 2.24) is 0 Å². The normalized spacial score (nSPS) is 9.80. The van der Waals surface area contributed by atoms with Crippen LogP contribution < -0.4 is 0 Å². The number of aromatic hydroxyl groups is 2. The molecule has 2 nitrogen and oxygen atoms in total. The topological polar surface area (TPSA) is 40.5 Å². The fourth-order valence-corrected chi connectivity index (χ4v) is 0.979. The van der Waals surface area contributed by atoms with E-state index >= 15 is 0 Å². The summed E-state index contributed by atoms with van der Waals surface area (Å²) < 4.78 is 0. The molecule has 1 aromatic carbocycles. The molecule has 54 valence electrons. The van der Waals surface area contributed by atoms with Crippen LogP contribution in [0.25, 0.3) is 0 Å². The Hall–Kier alpha value is -0.890. The lowest BCUT2D eigenvalue weighted by Gasteiger charge is -2.00. The molecule has 1 rings (SSSR count). The highest BCUT2D eigenvalue weighted by Gasteiger charge is 2.02. The molecule has 0 radical (unpaired) electrons. The minimum atomic E-state index is 0.0273. The molecule has 10 heavy (non-hydrogen) atoms. The van der Waals surface area contributed by atoms with E-state index in [2.05, 4.69) is 0 Å². The van der Waals surface area contributed by atoms with E-state index in [1.807, 2.05) is 0 Å². The maximum absolute atomic E-state index is 9.09. The Morgan fingerprint density at radius 3 is 2.40 bits per heavy atom. The molecular formula is C7H7ClO2. The van der Waals surface area contributed by atoms with Crippen molar-refractivity contribution in [1.29, 1.82) is 0 Å². The van der Waals surface area contributed by atoms with E-state index in [4.69, 9.17) is 21.8 Å². The molecule has 0 atom stereocenters. The molecule has 0 saturated carbocycles. The van der Waals surface area contributed by atoms with Gasteiger partial charge in [0.2, 0.25) is 0 Å². The van der Waals surface area contributed by atoms with Gasteiger partial charge < -0.3 is 10.2 Å². The van der Waals surface area contributed by atoms with Gasteiger partial charge in [-0.3, -0.25) is 0 Å². The van der Waals surface area contributed by atoms with Crippen molar-refractivity contribution in [2.75, 3.05) is 0 Å². The Balaban J connectivity index is 3.31. The van der Waals surface area contributed by atoms with Crippen LogP contribution in [0.2, 0.25) is 5.02 Å².